The first-order valence-corrected chi connectivity index (χ1v) is 7.16. The van der Waals surface area contributed by atoms with Crippen LogP contribution in [0.5, 0.6) is 0 Å². The summed E-state index contributed by atoms with van der Waals surface area (Å²) < 4.78 is 0.541. The second-order valence-corrected chi connectivity index (χ2v) is 6.22. The molecule has 0 atom stereocenters. The van der Waals surface area contributed by atoms with Gasteiger partial charge in [-0.2, -0.15) is 0 Å². The molecule has 0 aromatic carbocycles. The monoisotopic (exact) mass is 273 g/mol. The van der Waals surface area contributed by atoms with E-state index in [4.69, 9.17) is 11.6 Å². The van der Waals surface area contributed by atoms with Gasteiger partial charge in [-0.1, -0.05) is 11.3 Å². The molecule has 2 saturated heterocycles. The molecule has 1 N–H and O–H groups in total. The summed E-state index contributed by atoms with van der Waals surface area (Å²) in [6.45, 7) is 7.78. The van der Waals surface area contributed by atoms with E-state index >= 15 is 0 Å². The Balaban J connectivity index is 1.47. The molecule has 1 aromatic rings. The van der Waals surface area contributed by atoms with Crippen LogP contribution < -0.4 is 5.32 Å². The fourth-order valence-electron chi connectivity index (χ4n) is 2.31. The molecule has 17 heavy (non-hydrogen) atoms. The van der Waals surface area contributed by atoms with Crippen molar-refractivity contribution in [1.82, 2.24) is 25.3 Å². The lowest BCUT2D eigenvalue weighted by atomic mass is 10.1. The van der Waals surface area contributed by atoms with Crippen LogP contribution in [0.2, 0.25) is 4.47 Å². The van der Waals surface area contributed by atoms with Crippen molar-refractivity contribution in [2.24, 2.45) is 0 Å². The Hall–Kier alpha value is -0.270. The summed E-state index contributed by atoms with van der Waals surface area (Å²) in [6, 6.07) is 0.771. The lowest BCUT2D eigenvalue weighted by molar-refractivity contribution is 0.0694. The lowest BCUT2D eigenvalue weighted by Crippen LogP contribution is -2.61. The SMILES string of the molecule is Clc1nnc(CN2CCN(C3CNC3)CC2)s1. The molecule has 5 nitrogen and oxygen atoms in total. The summed E-state index contributed by atoms with van der Waals surface area (Å²) in [5.74, 6) is 0. The molecule has 0 radical (unpaired) electrons. The highest BCUT2D eigenvalue weighted by atomic mass is 35.5. The number of hydrogen-bond donors (Lipinski definition) is 1. The molecule has 0 spiro atoms. The Labute approximate surface area is 110 Å². The van der Waals surface area contributed by atoms with E-state index in [2.05, 4.69) is 25.3 Å². The number of nitrogens with one attached hydrogen (secondary N) is 1. The van der Waals surface area contributed by atoms with Crippen molar-refractivity contribution in [3.8, 4) is 0 Å². The molecular formula is C10H16ClN5S. The van der Waals surface area contributed by atoms with Crippen LogP contribution in [0.4, 0.5) is 0 Å². The summed E-state index contributed by atoms with van der Waals surface area (Å²) in [5.41, 5.74) is 0. The van der Waals surface area contributed by atoms with Crippen molar-refractivity contribution in [3.63, 3.8) is 0 Å². The van der Waals surface area contributed by atoms with Crippen molar-refractivity contribution in [1.29, 1.82) is 0 Å². The molecular weight excluding hydrogens is 258 g/mol. The average Bonchev–Trinajstić information content (AvgIpc) is 2.64. The summed E-state index contributed by atoms with van der Waals surface area (Å²) >= 11 is 7.26. The van der Waals surface area contributed by atoms with Crippen LogP contribution >= 0.6 is 22.9 Å². The zero-order chi connectivity index (χ0) is 11.7. The first-order valence-electron chi connectivity index (χ1n) is 5.96. The fraction of sp³-hybridized carbons (Fsp3) is 0.800. The van der Waals surface area contributed by atoms with Gasteiger partial charge in [-0.15, -0.1) is 10.2 Å². The van der Waals surface area contributed by atoms with E-state index in [1.807, 2.05) is 0 Å². The molecule has 7 heteroatoms. The van der Waals surface area contributed by atoms with E-state index < -0.39 is 0 Å². The molecule has 3 rings (SSSR count). The topological polar surface area (TPSA) is 44.3 Å². The van der Waals surface area contributed by atoms with Crippen LogP contribution in [0.15, 0.2) is 0 Å². The molecule has 0 aliphatic carbocycles. The number of piperazine rings is 1. The second kappa shape index (κ2) is 5.16. The van der Waals surface area contributed by atoms with Gasteiger partial charge in [-0.25, -0.2) is 0 Å². The molecule has 0 amide bonds. The van der Waals surface area contributed by atoms with E-state index in [0.29, 0.717) is 4.47 Å². The Morgan fingerprint density at radius 3 is 2.53 bits per heavy atom. The zero-order valence-electron chi connectivity index (χ0n) is 9.60. The van der Waals surface area contributed by atoms with Gasteiger partial charge in [0.2, 0.25) is 4.47 Å². The molecule has 0 bridgehead atoms. The van der Waals surface area contributed by atoms with Crippen LogP contribution in [0.25, 0.3) is 0 Å². The minimum absolute atomic E-state index is 0.541. The molecule has 3 heterocycles. The maximum absolute atomic E-state index is 5.78. The van der Waals surface area contributed by atoms with Crippen molar-refractivity contribution in [2.75, 3.05) is 39.3 Å². The number of hydrogen-bond acceptors (Lipinski definition) is 6. The third-order valence-electron chi connectivity index (χ3n) is 3.48. The predicted octanol–water partition coefficient (Wildman–Crippen LogP) is 0.281. The number of nitrogens with zero attached hydrogens (tertiary/aromatic N) is 4. The Morgan fingerprint density at radius 2 is 2.00 bits per heavy atom. The van der Waals surface area contributed by atoms with Crippen molar-refractivity contribution in [2.45, 2.75) is 12.6 Å². The van der Waals surface area contributed by atoms with Crippen molar-refractivity contribution < 1.29 is 0 Å². The standard InChI is InChI=1S/C10H16ClN5S/c11-10-14-13-9(17-10)7-15-1-3-16(4-2-15)8-5-12-6-8/h8,12H,1-7H2. The van der Waals surface area contributed by atoms with Crippen LogP contribution in [0.1, 0.15) is 5.01 Å². The van der Waals surface area contributed by atoms with Crippen molar-refractivity contribution in [3.05, 3.63) is 9.47 Å². The van der Waals surface area contributed by atoms with Gasteiger partial charge in [0.1, 0.15) is 5.01 Å². The molecule has 94 valence electrons. The van der Waals surface area contributed by atoms with E-state index in [1.54, 1.807) is 0 Å². The third kappa shape index (κ3) is 2.77. The van der Waals surface area contributed by atoms with Gasteiger partial charge >= 0.3 is 0 Å². The highest BCUT2D eigenvalue weighted by molar-refractivity contribution is 7.15. The summed E-state index contributed by atoms with van der Waals surface area (Å²) in [6.07, 6.45) is 0. The number of halogens is 1. The second-order valence-electron chi connectivity index (χ2n) is 4.57. The highest BCUT2D eigenvalue weighted by Crippen LogP contribution is 2.18. The molecule has 2 aliphatic rings. The van der Waals surface area contributed by atoms with Gasteiger partial charge in [-0.3, -0.25) is 9.80 Å². The fourth-order valence-corrected chi connectivity index (χ4v) is 3.22. The van der Waals surface area contributed by atoms with E-state index in [0.717, 1.165) is 43.8 Å². The molecule has 2 fully saturated rings. The maximum Gasteiger partial charge on any atom is 0.207 e. The van der Waals surface area contributed by atoms with Crippen LogP contribution in [-0.4, -0.2) is 65.3 Å². The Morgan fingerprint density at radius 1 is 1.24 bits per heavy atom. The van der Waals surface area contributed by atoms with Crippen molar-refractivity contribution >= 4 is 22.9 Å². The summed E-state index contributed by atoms with van der Waals surface area (Å²) in [7, 11) is 0. The maximum atomic E-state index is 5.78. The summed E-state index contributed by atoms with van der Waals surface area (Å²) in [4.78, 5) is 5.01. The van der Waals surface area contributed by atoms with Gasteiger partial charge in [-0.05, 0) is 11.6 Å². The quantitative estimate of drug-likeness (QED) is 0.857. The van der Waals surface area contributed by atoms with E-state index in [9.17, 15) is 0 Å². The number of rotatable bonds is 3. The molecule has 2 aliphatic heterocycles. The zero-order valence-corrected chi connectivity index (χ0v) is 11.2. The van der Waals surface area contributed by atoms with Gasteiger partial charge < -0.3 is 5.32 Å². The average molecular weight is 274 g/mol. The molecule has 0 unspecified atom stereocenters. The van der Waals surface area contributed by atoms with Gasteiger partial charge in [0.25, 0.3) is 0 Å². The van der Waals surface area contributed by atoms with Crippen LogP contribution in [0, 0.1) is 0 Å². The van der Waals surface area contributed by atoms with Gasteiger partial charge in [0, 0.05) is 45.3 Å². The highest BCUT2D eigenvalue weighted by Gasteiger charge is 2.27. The van der Waals surface area contributed by atoms with Gasteiger partial charge in [0.05, 0.1) is 6.54 Å². The smallest absolute Gasteiger partial charge is 0.207 e. The van der Waals surface area contributed by atoms with Gasteiger partial charge in [0.15, 0.2) is 0 Å². The van der Waals surface area contributed by atoms with E-state index in [1.165, 1.54) is 24.4 Å². The first-order chi connectivity index (χ1) is 8.31. The molecule has 0 saturated carbocycles. The predicted molar refractivity (Wildman–Crippen MR) is 68.4 cm³/mol. The normalized spacial score (nSPS) is 23.8. The minimum atomic E-state index is 0.541. The first kappa shape index (κ1) is 11.8. The summed E-state index contributed by atoms with van der Waals surface area (Å²) in [5, 5.41) is 12.2. The molecule has 1 aromatic heterocycles. The lowest BCUT2D eigenvalue weighted by Gasteiger charge is -2.43. The minimum Gasteiger partial charge on any atom is -0.314 e. The Kier molecular flexibility index (Phi) is 3.58. The third-order valence-corrected chi connectivity index (χ3v) is 4.49. The largest absolute Gasteiger partial charge is 0.314 e. The van der Waals surface area contributed by atoms with Crippen LogP contribution in [-0.2, 0) is 6.54 Å². The van der Waals surface area contributed by atoms with Crippen LogP contribution in [0.3, 0.4) is 0 Å². The number of aromatic nitrogens is 2. The van der Waals surface area contributed by atoms with E-state index in [-0.39, 0.29) is 0 Å². The Bertz CT molecular complexity index is 373.